The van der Waals surface area contributed by atoms with Crippen molar-refractivity contribution in [1.29, 1.82) is 0 Å². The fourth-order valence-electron chi connectivity index (χ4n) is 3.23. The van der Waals surface area contributed by atoms with E-state index < -0.39 is 0 Å². The van der Waals surface area contributed by atoms with Crippen LogP contribution in [-0.2, 0) is 9.59 Å². The van der Waals surface area contributed by atoms with Crippen LogP contribution in [0.3, 0.4) is 0 Å². The second-order valence-corrected chi connectivity index (χ2v) is 7.16. The number of carbonyl (C=O) groups is 2. The SMILES string of the molecule is NCC1(NC(=O)CSCC(=O)N2CCCCC2)CCCC1. The molecule has 21 heavy (non-hydrogen) atoms. The second kappa shape index (κ2) is 8.03. The van der Waals surface area contributed by atoms with Gasteiger partial charge in [0.05, 0.1) is 17.0 Å². The summed E-state index contributed by atoms with van der Waals surface area (Å²) in [5, 5.41) is 3.09. The van der Waals surface area contributed by atoms with E-state index in [-0.39, 0.29) is 17.4 Å². The molecule has 0 aromatic heterocycles. The van der Waals surface area contributed by atoms with E-state index >= 15 is 0 Å². The summed E-state index contributed by atoms with van der Waals surface area (Å²) in [6.45, 7) is 2.26. The standard InChI is InChI=1S/C15H27N3O2S/c16-12-15(6-2-3-7-15)17-13(19)10-21-11-14(20)18-8-4-1-5-9-18/h1-12,16H2,(H,17,19). The molecular weight excluding hydrogens is 286 g/mol. The minimum Gasteiger partial charge on any atom is -0.349 e. The zero-order valence-electron chi connectivity index (χ0n) is 12.7. The molecule has 1 aliphatic carbocycles. The first kappa shape index (κ1) is 16.6. The first-order chi connectivity index (χ1) is 10.2. The largest absolute Gasteiger partial charge is 0.349 e. The number of piperidine rings is 1. The predicted octanol–water partition coefficient (Wildman–Crippen LogP) is 1.12. The number of nitrogens with one attached hydrogen (secondary N) is 1. The molecule has 0 radical (unpaired) electrons. The van der Waals surface area contributed by atoms with Crippen LogP contribution >= 0.6 is 11.8 Å². The third-order valence-electron chi connectivity index (χ3n) is 4.52. The molecule has 0 aromatic rings. The summed E-state index contributed by atoms with van der Waals surface area (Å²) in [6.07, 6.45) is 7.67. The Morgan fingerprint density at radius 1 is 1.05 bits per heavy atom. The monoisotopic (exact) mass is 313 g/mol. The molecule has 3 N–H and O–H groups in total. The van der Waals surface area contributed by atoms with Crippen LogP contribution in [0.2, 0.25) is 0 Å². The van der Waals surface area contributed by atoms with Crippen molar-refractivity contribution in [3.8, 4) is 0 Å². The summed E-state index contributed by atoms with van der Waals surface area (Å²) >= 11 is 1.41. The summed E-state index contributed by atoms with van der Waals surface area (Å²) in [6, 6.07) is 0. The normalized spacial score (nSPS) is 21.3. The summed E-state index contributed by atoms with van der Waals surface area (Å²) in [4.78, 5) is 25.9. The third kappa shape index (κ3) is 4.88. The lowest BCUT2D eigenvalue weighted by Crippen LogP contribution is -2.52. The van der Waals surface area contributed by atoms with Gasteiger partial charge in [-0.15, -0.1) is 11.8 Å². The van der Waals surface area contributed by atoms with E-state index in [0.29, 0.717) is 18.1 Å². The molecule has 2 amide bonds. The van der Waals surface area contributed by atoms with E-state index in [2.05, 4.69) is 5.32 Å². The van der Waals surface area contributed by atoms with Gasteiger partial charge in [-0.2, -0.15) is 0 Å². The van der Waals surface area contributed by atoms with Crippen molar-refractivity contribution in [3.05, 3.63) is 0 Å². The van der Waals surface area contributed by atoms with Crippen LogP contribution in [0.15, 0.2) is 0 Å². The lowest BCUT2D eigenvalue weighted by Gasteiger charge is -2.29. The molecule has 0 unspecified atom stereocenters. The van der Waals surface area contributed by atoms with Crippen molar-refractivity contribution in [3.63, 3.8) is 0 Å². The maximum absolute atomic E-state index is 12.0. The van der Waals surface area contributed by atoms with Crippen molar-refractivity contribution in [1.82, 2.24) is 10.2 Å². The van der Waals surface area contributed by atoms with Gasteiger partial charge in [0.25, 0.3) is 0 Å². The first-order valence-electron chi connectivity index (χ1n) is 8.02. The van der Waals surface area contributed by atoms with Crippen molar-refractivity contribution >= 4 is 23.6 Å². The quantitative estimate of drug-likeness (QED) is 0.770. The predicted molar refractivity (Wildman–Crippen MR) is 86.2 cm³/mol. The molecule has 0 atom stereocenters. The van der Waals surface area contributed by atoms with E-state index in [1.165, 1.54) is 18.2 Å². The highest BCUT2D eigenvalue weighted by molar-refractivity contribution is 8.00. The second-order valence-electron chi connectivity index (χ2n) is 6.17. The van der Waals surface area contributed by atoms with E-state index in [4.69, 9.17) is 5.73 Å². The Balaban J connectivity index is 1.65. The van der Waals surface area contributed by atoms with Crippen LogP contribution in [-0.4, -0.2) is 53.4 Å². The molecule has 2 aliphatic rings. The van der Waals surface area contributed by atoms with Crippen molar-refractivity contribution in [2.75, 3.05) is 31.1 Å². The smallest absolute Gasteiger partial charge is 0.232 e. The number of carbonyl (C=O) groups excluding carboxylic acids is 2. The van der Waals surface area contributed by atoms with Crippen molar-refractivity contribution in [2.45, 2.75) is 50.5 Å². The highest BCUT2D eigenvalue weighted by Crippen LogP contribution is 2.28. The number of hydrogen-bond donors (Lipinski definition) is 2. The molecule has 1 aliphatic heterocycles. The molecular formula is C15H27N3O2S. The first-order valence-corrected chi connectivity index (χ1v) is 9.17. The molecule has 2 fully saturated rings. The number of rotatable bonds is 6. The minimum absolute atomic E-state index is 0.0128. The number of amides is 2. The third-order valence-corrected chi connectivity index (χ3v) is 5.44. The van der Waals surface area contributed by atoms with Crippen LogP contribution in [0, 0.1) is 0 Å². The van der Waals surface area contributed by atoms with Crippen molar-refractivity contribution < 1.29 is 9.59 Å². The Labute approximate surface area is 131 Å². The molecule has 1 saturated heterocycles. The Hall–Kier alpha value is -0.750. The lowest BCUT2D eigenvalue weighted by atomic mass is 9.98. The van der Waals surface area contributed by atoms with Gasteiger partial charge in [0.1, 0.15) is 0 Å². The van der Waals surface area contributed by atoms with Gasteiger partial charge in [-0.1, -0.05) is 12.8 Å². The zero-order valence-corrected chi connectivity index (χ0v) is 13.6. The van der Waals surface area contributed by atoms with E-state index in [1.54, 1.807) is 0 Å². The summed E-state index contributed by atoms with van der Waals surface area (Å²) in [5.41, 5.74) is 5.62. The maximum Gasteiger partial charge on any atom is 0.232 e. The van der Waals surface area contributed by atoms with Crippen LogP contribution in [0.25, 0.3) is 0 Å². The van der Waals surface area contributed by atoms with Crippen LogP contribution in [0.5, 0.6) is 0 Å². The number of likely N-dealkylation sites (tertiary alicyclic amines) is 1. The van der Waals surface area contributed by atoms with Crippen LogP contribution in [0.4, 0.5) is 0 Å². The molecule has 6 heteroatoms. The van der Waals surface area contributed by atoms with E-state index in [9.17, 15) is 9.59 Å². The molecule has 1 heterocycles. The van der Waals surface area contributed by atoms with Crippen molar-refractivity contribution in [2.24, 2.45) is 5.73 Å². The average molecular weight is 313 g/mol. The highest BCUT2D eigenvalue weighted by Gasteiger charge is 2.33. The molecule has 0 bridgehead atoms. The van der Waals surface area contributed by atoms with Gasteiger partial charge in [0.2, 0.25) is 11.8 Å². The van der Waals surface area contributed by atoms with Crippen LogP contribution < -0.4 is 11.1 Å². The van der Waals surface area contributed by atoms with Gasteiger partial charge >= 0.3 is 0 Å². The Morgan fingerprint density at radius 2 is 1.71 bits per heavy atom. The zero-order chi connectivity index (χ0) is 15.1. The van der Waals surface area contributed by atoms with Gasteiger partial charge in [0, 0.05) is 19.6 Å². The van der Waals surface area contributed by atoms with Gasteiger partial charge in [-0.25, -0.2) is 0 Å². The summed E-state index contributed by atoms with van der Waals surface area (Å²) in [5.74, 6) is 0.936. The van der Waals surface area contributed by atoms with Gasteiger partial charge in [-0.3, -0.25) is 9.59 Å². The van der Waals surface area contributed by atoms with Gasteiger partial charge in [-0.05, 0) is 32.1 Å². The Morgan fingerprint density at radius 3 is 2.33 bits per heavy atom. The number of thioether (sulfide) groups is 1. The van der Waals surface area contributed by atoms with Gasteiger partial charge in [0.15, 0.2) is 0 Å². The molecule has 5 nitrogen and oxygen atoms in total. The average Bonchev–Trinajstić information content (AvgIpc) is 2.97. The minimum atomic E-state index is -0.186. The molecule has 2 rings (SSSR count). The van der Waals surface area contributed by atoms with Crippen LogP contribution in [0.1, 0.15) is 44.9 Å². The number of hydrogen-bond acceptors (Lipinski definition) is 4. The summed E-state index contributed by atoms with van der Waals surface area (Å²) in [7, 11) is 0. The number of nitrogens with two attached hydrogens (primary N) is 1. The highest BCUT2D eigenvalue weighted by atomic mass is 32.2. The molecule has 1 saturated carbocycles. The van der Waals surface area contributed by atoms with E-state index in [1.807, 2.05) is 4.90 Å². The van der Waals surface area contributed by atoms with E-state index in [0.717, 1.165) is 51.6 Å². The maximum atomic E-state index is 12.0. The Kier molecular flexibility index (Phi) is 6.36. The fraction of sp³-hybridized carbons (Fsp3) is 0.867. The molecule has 0 spiro atoms. The Bertz CT molecular complexity index is 364. The fourth-order valence-corrected chi connectivity index (χ4v) is 3.95. The topological polar surface area (TPSA) is 75.4 Å². The number of nitrogens with zero attached hydrogens (tertiary/aromatic N) is 1. The van der Waals surface area contributed by atoms with Gasteiger partial charge < -0.3 is 16.0 Å². The molecule has 120 valence electrons. The lowest BCUT2D eigenvalue weighted by molar-refractivity contribution is -0.129. The molecule has 0 aromatic carbocycles. The summed E-state index contributed by atoms with van der Waals surface area (Å²) < 4.78 is 0.